The first-order valence-corrected chi connectivity index (χ1v) is 6.77. The molecule has 1 aromatic rings. The van der Waals surface area contributed by atoms with Gasteiger partial charge in [-0.15, -0.1) is 0 Å². The van der Waals surface area contributed by atoms with Crippen molar-refractivity contribution >= 4 is 0 Å². The molecular weight excluding hydrogens is 256 g/mol. The standard InChI is InChI=1S/C15H22N2O3/c1-3-8-19-14-5-4-13(12-17-7-10-18-2)15(11-14)20-9-6-16/h4-5,11,17H,3,7-10,12H2,1-2H3. The molecular formula is C15H22N2O3. The maximum atomic E-state index is 8.64. The average molecular weight is 278 g/mol. The molecule has 1 rings (SSSR count). The van der Waals surface area contributed by atoms with Crippen LogP contribution in [0, 0.1) is 11.3 Å². The zero-order chi connectivity index (χ0) is 14.6. The van der Waals surface area contributed by atoms with E-state index in [1.54, 1.807) is 7.11 Å². The number of methoxy groups -OCH3 is 1. The predicted molar refractivity (Wildman–Crippen MR) is 76.9 cm³/mol. The van der Waals surface area contributed by atoms with E-state index in [1.807, 2.05) is 24.3 Å². The quantitative estimate of drug-likeness (QED) is 0.664. The molecule has 5 nitrogen and oxygen atoms in total. The molecule has 0 amide bonds. The molecule has 5 heteroatoms. The lowest BCUT2D eigenvalue weighted by atomic mass is 10.2. The Morgan fingerprint density at radius 1 is 1.25 bits per heavy atom. The van der Waals surface area contributed by atoms with Crippen molar-refractivity contribution in [3.63, 3.8) is 0 Å². The Hall–Kier alpha value is -1.77. The number of benzene rings is 1. The number of rotatable bonds is 10. The maximum absolute atomic E-state index is 8.64. The molecule has 0 aliphatic heterocycles. The van der Waals surface area contributed by atoms with Crippen molar-refractivity contribution in [2.75, 3.05) is 33.5 Å². The van der Waals surface area contributed by atoms with Crippen LogP contribution in [0.4, 0.5) is 0 Å². The van der Waals surface area contributed by atoms with Crippen LogP contribution in [0.5, 0.6) is 11.5 Å². The number of nitrogens with one attached hydrogen (secondary N) is 1. The van der Waals surface area contributed by atoms with Crippen LogP contribution >= 0.6 is 0 Å². The Bertz CT molecular complexity index is 430. The summed E-state index contributed by atoms with van der Waals surface area (Å²) in [6.45, 7) is 4.85. The summed E-state index contributed by atoms with van der Waals surface area (Å²) in [5.74, 6) is 1.45. The van der Waals surface area contributed by atoms with E-state index in [-0.39, 0.29) is 6.61 Å². The number of nitriles is 1. The summed E-state index contributed by atoms with van der Waals surface area (Å²) in [6.07, 6.45) is 0.953. The molecule has 0 aliphatic carbocycles. The fourth-order valence-corrected chi connectivity index (χ4v) is 1.63. The minimum Gasteiger partial charge on any atom is -0.493 e. The van der Waals surface area contributed by atoms with Crippen molar-refractivity contribution < 1.29 is 14.2 Å². The molecule has 0 atom stereocenters. The third-order valence-corrected chi connectivity index (χ3v) is 2.60. The molecule has 0 unspecified atom stereocenters. The molecule has 0 fully saturated rings. The molecule has 0 heterocycles. The van der Waals surface area contributed by atoms with Gasteiger partial charge in [-0.05, 0) is 12.5 Å². The Labute approximate surface area is 120 Å². The van der Waals surface area contributed by atoms with E-state index >= 15 is 0 Å². The minimum absolute atomic E-state index is 0.0301. The number of hydrogen-bond donors (Lipinski definition) is 1. The van der Waals surface area contributed by atoms with E-state index in [0.29, 0.717) is 25.5 Å². The van der Waals surface area contributed by atoms with Crippen molar-refractivity contribution in [3.8, 4) is 17.6 Å². The van der Waals surface area contributed by atoms with Crippen LogP contribution in [0.1, 0.15) is 18.9 Å². The second-order valence-electron chi connectivity index (χ2n) is 4.23. The lowest BCUT2D eigenvalue weighted by Crippen LogP contribution is -2.19. The SMILES string of the molecule is CCCOc1ccc(CNCCOC)c(OCC#N)c1. The van der Waals surface area contributed by atoms with Crippen LogP contribution in [-0.2, 0) is 11.3 Å². The van der Waals surface area contributed by atoms with Crippen LogP contribution in [0.25, 0.3) is 0 Å². The molecule has 1 aromatic carbocycles. The first kappa shape index (κ1) is 16.3. The van der Waals surface area contributed by atoms with Gasteiger partial charge in [0, 0.05) is 31.8 Å². The average Bonchev–Trinajstić information content (AvgIpc) is 2.48. The van der Waals surface area contributed by atoms with E-state index in [4.69, 9.17) is 19.5 Å². The third kappa shape index (κ3) is 5.91. The Morgan fingerprint density at radius 2 is 2.10 bits per heavy atom. The predicted octanol–water partition coefficient (Wildman–Crippen LogP) is 2.11. The van der Waals surface area contributed by atoms with Crippen LogP contribution in [0.3, 0.4) is 0 Å². The first-order chi connectivity index (χ1) is 9.81. The van der Waals surface area contributed by atoms with Gasteiger partial charge < -0.3 is 19.5 Å². The Balaban J connectivity index is 2.67. The normalized spacial score (nSPS) is 10.1. The molecule has 0 saturated heterocycles. The van der Waals surface area contributed by atoms with Gasteiger partial charge in [0.05, 0.1) is 13.2 Å². The van der Waals surface area contributed by atoms with Crippen molar-refractivity contribution in [3.05, 3.63) is 23.8 Å². The van der Waals surface area contributed by atoms with E-state index in [9.17, 15) is 0 Å². The topological polar surface area (TPSA) is 63.5 Å². The Morgan fingerprint density at radius 3 is 2.80 bits per heavy atom. The fourth-order valence-electron chi connectivity index (χ4n) is 1.63. The molecule has 0 saturated carbocycles. The highest BCUT2D eigenvalue weighted by atomic mass is 16.5. The number of hydrogen-bond acceptors (Lipinski definition) is 5. The monoisotopic (exact) mass is 278 g/mol. The summed E-state index contributed by atoms with van der Waals surface area (Å²) < 4.78 is 16.0. The second kappa shape index (κ2) is 10.1. The van der Waals surface area contributed by atoms with E-state index in [2.05, 4.69) is 12.2 Å². The molecule has 0 aliphatic rings. The fraction of sp³-hybridized carbons (Fsp3) is 0.533. The summed E-state index contributed by atoms with van der Waals surface area (Å²) in [5, 5.41) is 11.9. The van der Waals surface area contributed by atoms with Crippen molar-refractivity contribution in [1.29, 1.82) is 5.26 Å². The van der Waals surface area contributed by atoms with E-state index in [1.165, 1.54) is 0 Å². The summed E-state index contributed by atoms with van der Waals surface area (Å²) >= 11 is 0. The van der Waals surface area contributed by atoms with E-state index < -0.39 is 0 Å². The summed E-state index contributed by atoms with van der Waals surface area (Å²) in [4.78, 5) is 0. The van der Waals surface area contributed by atoms with Crippen LogP contribution in [0.15, 0.2) is 18.2 Å². The van der Waals surface area contributed by atoms with Crippen LogP contribution < -0.4 is 14.8 Å². The highest BCUT2D eigenvalue weighted by Crippen LogP contribution is 2.25. The first-order valence-electron chi connectivity index (χ1n) is 6.77. The summed E-state index contributed by atoms with van der Waals surface area (Å²) in [5.41, 5.74) is 1.00. The molecule has 0 aromatic heterocycles. The molecule has 20 heavy (non-hydrogen) atoms. The molecule has 1 N–H and O–H groups in total. The largest absolute Gasteiger partial charge is 0.493 e. The van der Waals surface area contributed by atoms with Gasteiger partial charge in [-0.2, -0.15) is 5.26 Å². The van der Waals surface area contributed by atoms with Gasteiger partial charge in [0.1, 0.15) is 17.6 Å². The molecule has 0 bridgehead atoms. The van der Waals surface area contributed by atoms with Gasteiger partial charge in [-0.1, -0.05) is 13.0 Å². The maximum Gasteiger partial charge on any atom is 0.174 e. The van der Waals surface area contributed by atoms with Crippen LogP contribution in [0.2, 0.25) is 0 Å². The molecule has 0 radical (unpaired) electrons. The van der Waals surface area contributed by atoms with Gasteiger partial charge >= 0.3 is 0 Å². The van der Waals surface area contributed by atoms with Gasteiger partial charge in [-0.25, -0.2) is 0 Å². The minimum atomic E-state index is 0.0301. The number of nitrogens with zero attached hydrogens (tertiary/aromatic N) is 1. The summed E-state index contributed by atoms with van der Waals surface area (Å²) in [7, 11) is 1.67. The molecule has 110 valence electrons. The third-order valence-electron chi connectivity index (χ3n) is 2.60. The van der Waals surface area contributed by atoms with Crippen molar-refractivity contribution in [2.45, 2.75) is 19.9 Å². The van der Waals surface area contributed by atoms with Crippen molar-refractivity contribution in [1.82, 2.24) is 5.32 Å². The van der Waals surface area contributed by atoms with Gasteiger partial charge in [0.2, 0.25) is 0 Å². The van der Waals surface area contributed by atoms with E-state index in [0.717, 1.165) is 24.3 Å². The zero-order valence-electron chi connectivity index (χ0n) is 12.1. The van der Waals surface area contributed by atoms with Gasteiger partial charge in [-0.3, -0.25) is 0 Å². The number of ether oxygens (including phenoxy) is 3. The van der Waals surface area contributed by atoms with Crippen molar-refractivity contribution in [2.24, 2.45) is 0 Å². The highest BCUT2D eigenvalue weighted by molar-refractivity contribution is 5.41. The zero-order valence-corrected chi connectivity index (χ0v) is 12.1. The van der Waals surface area contributed by atoms with Gasteiger partial charge in [0.15, 0.2) is 6.61 Å². The Kier molecular flexibility index (Phi) is 8.20. The van der Waals surface area contributed by atoms with Gasteiger partial charge in [0.25, 0.3) is 0 Å². The smallest absolute Gasteiger partial charge is 0.174 e. The summed E-state index contributed by atoms with van der Waals surface area (Å²) in [6, 6.07) is 7.69. The highest BCUT2D eigenvalue weighted by Gasteiger charge is 2.06. The second-order valence-corrected chi connectivity index (χ2v) is 4.23. The lowest BCUT2D eigenvalue weighted by molar-refractivity contribution is 0.199. The lowest BCUT2D eigenvalue weighted by Gasteiger charge is -2.13. The molecule has 0 spiro atoms. The van der Waals surface area contributed by atoms with Crippen LogP contribution in [-0.4, -0.2) is 33.5 Å².